The molecule has 0 bridgehead atoms. The van der Waals surface area contributed by atoms with Gasteiger partial charge in [-0.2, -0.15) is 0 Å². The molecule has 0 aliphatic carbocycles. The van der Waals surface area contributed by atoms with E-state index in [-0.39, 0.29) is 5.69 Å². The highest BCUT2D eigenvalue weighted by atomic mass is 19.1. The van der Waals surface area contributed by atoms with Gasteiger partial charge in [-0.25, -0.2) is 9.18 Å². The molecule has 8 heteroatoms. The Kier molecular flexibility index (Phi) is 3.95. The van der Waals surface area contributed by atoms with E-state index in [0.29, 0.717) is 44.6 Å². The molecule has 0 fully saturated rings. The number of H-pyrrole nitrogens is 2. The first kappa shape index (κ1) is 18.1. The minimum absolute atomic E-state index is 0.342. The molecule has 3 heterocycles. The molecular formula is C22H17FN4O3. The molecular weight excluding hydrogens is 387 g/mol. The molecule has 0 aliphatic heterocycles. The molecule has 0 atom stereocenters. The zero-order valence-corrected chi connectivity index (χ0v) is 16.5. The number of rotatable bonds is 3. The molecule has 5 aromatic rings. The molecule has 0 unspecified atom stereocenters. The van der Waals surface area contributed by atoms with E-state index in [1.165, 1.54) is 12.3 Å². The van der Waals surface area contributed by atoms with Gasteiger partial charge in [-0.3, -0.25) is 4.98 Å². The number of fused-ring (bicyclic) bond motifs is 2. The van der Waals surface area contributed by atoms with Crippen LogP contribution in [0.1, 0.15) is 11.5 Å². The number of nitrogens with zero attached hydrogens (tertiary/aromatic N) is 2. The average molecular weight is 404 g/mol. The Morgan fingerprint density at radius 1 is 1.10 bits per heavy atom. The summed E-state index contributed by atoms with van der Waals surface area (Å²) in [6, 6.07) is 8.74. The summed E-state index contributed by atoms with van der Waals surface area (Å²) in [6.45, 7) is 3.68. The van der Waals surface area contributed by atoms with Crippen LogP contribution in [0.3, 0.4) is 0 Å². The average Bonchev–Trinajstić information content (AvgIpc) is 3.26. The second kappa shape index (κ2) is 6.55. The van der Waals surface area contributed by atoms with Gasteiger partial charge in [-0.15, -0.1) is 0 Å². The third kappa shape index (κ3) is 2.68. The van der Waals surface area contributed by atoms with E-state index in [1.54, 1.807) is 19.2 Å². The Morgan fingerprint density at radius 2 is 1.93 bits per heavy atom. The number of benzene rings is 2. The van der Waals surface area contributed by atoms with E-state index in [1.807, 2.05) is 26.0 Å². The maximum atomic E-state index is 14.1. The monoisotopic (exact) mass is 404 g/mol. The number of hydrogen-bond donors (Lipinski definition) is 2. The number of imidazole rings is 1. The molecule has 3 aromatic heterocycles. The predicted octanol–water partition coefficient (Wildman–Crippen LogP) is 4.49. The van der Waals surface area contributed by atoms with Crippen LogP contribution < -0.4 is 10.4 Å². The molecule has 7 nitrogen and oxygen atoms in total. The Labute approximate surface area is 169 Å². The number of hydrogen-bond acceptors (Lipinski definition) is 5. The van der Waals surface area contributed by atoms with Crippen LogP contribution >= 0.6 is 0 Å². The Morgan fingerprint density at radius 3 is 2.67 bits per heavy atom. The number of nitrogens with one attached hydrogen (secondary N) is 2. The number of halogens is 1. The van der Waals surface area contributed by atoms with E-state index in [4.69, 9.17) is 9.26 Å². The minimum Gasteiger partial charge on any atom is -0.496 e. The quantitative estimate of drug-likeness (QED) is 0.462. The highest BCUT2D eigenvalue weighted by molar-refractivity contribution is 6.06. The second-order valence-electron chi connectivity index (χ2n) is 7.09. The smallest absolute Gasteiger partial charge is 0.323 e. The van der Waals surface area contributed by atoms with Crippen molar-refractivity contribution in [1.29, 1.82) is 0 Å². The maximum Gasteiger partial charge on any atom is 0.323 e. The highest BCUT2D eigenvalue weighted by Gasteiger charge is 2.20. The lowest BCUT2D eigenvalue weighted by Crippen LogP contribution is -1.99. The fourth-order valence-electron chi connectivity index (χ4n) is 3.98. The topological polar surface area (TPSA) is 96.8 Å². The van der Waals surface area contributed by atoms with Crippen LogP contribution in [0.25, 0.3) is 44.2 Å². The first-order valence-corrected chi connectivity index (χ1v) is 9.28. The van der Waals surface area contributed by atoms with Crippen LogP contribution in [0.4, 0.5) is 4.39 Å². The number of aryl methyl sites for hydroxylation is 2. The molecule has 0 aliphatic rings. The number of aromatic amines is 2. The molecule has 2 N–H and O–H groups in total. The second-order valence-corrected chi connectivity index (χ2v) is 7.09. The lowest BCUT2D eigenvalue weighted by atomic mass is 9.93. The maximum absolute atomic E-state index is 14.1. The summed E-state index contributed by atoms with van der Waals surface area (Å²) in [5.74, 6) is 0.736. The van der Waals surface area contributed by atoms with Crippen molar-refractivity contribution in [1.82, 2.24) is 20.1 Å². The van der Waals surface area contributed by atoms with Crippen molar-refractivity contribution in [2.75, 3.05) is 7.11 Å². The van der Waals surface area contributed by atoms with Crippen molar-refractivity contribution in [3.8, 4) is 28.0 Å². The molecule has 0 radical (unpaired) electrons. The Balaban J connectivity index is 1.94. The summed E-state index contributed by atoms with van der Waals surface area (Å²) >= 11 is 0. The zero-order chi connectivity index (χ0) is 21.0. The third-order valence-electron chi connectivity index (χ3n) is 5.23. The van der Waals surface area contributed by atoms with Gasteiger partial charge in [-0.1, -0.05) is 5.16 Å². The number of pyridine rings is 1. The molecule has 0 saturated carbocycles. The van der Waals surface area contributed by atoms with Gasteiger partial charge in [0.25, 0.3) is 0 Å². The van der Waals surface area contributed by atoms with E-state index < -0.39 is 5.82 Å². The largest absolute Gasteiger partial charge is 0.496 e. The summed E-state index contributed by atoms with van der Waals surface area (Å²) in [5.41, 5.74) is 5.16. The zero-order valence-electron chi connectivity index (χ0n) is 16.5. The van der Waals surface area contributed by atoms with E-state index in [9.17, 15) is 9.18 Å². The van der Waals surface area contributed by atoms with Crippen LogP contribution in [-0.4, -0.2) is 27.2 Å². The van der Waals surface area contributed by atoms with Gasteiger partial charge in [-0.05, 0) is 49.7 Å². The van der Waals surface area contributed by atoms with Crippen molar-refractivity contribution in [2.45, 2.75) is 13.8 Å². The van der Waals surface area contributed by atoms with Crippen molar-refractivity contribution in [3.05, 3.63) is 64.3 Å². The third-order valence-corrected chi connectivity index (χ3v) is 5.23. The lowest BCUT2D eigenvalue weighted by Gasteiger charge is -2.14. The SMILES string of the molecule is COc1ccc2ncc(F)cc2c1-c1cc(-c2c(C)noc2C)cc2[nH]c(=O)[nH]c12. The summed E-state index contributed by atoms with van der Waals surface area (Å²) in [7, 11) is 1.55. The Hall–Kier alpha value is -3.94. The van der Waals surface area contributed by atoms with Crippen LogP contribution in [0.2, 0.25) is 0 Å². The van der Waals surface area contributed by atoms with Crippen molar-refractivity contribution >= 4 is 21.9 Å². The van der Waals surface area contributed by atoms with Gasteiger partial charge in [0.1, 0.15) is 17.3 Å². The standard InChI is InChI=1S/C22H17FN4O3/c1-10-19(11(2)30-27-10)12-6-15(21-17(7-12)25-22(28)26-21)20-14-8-13(23)9-24-16(14)4-5-18(20)29-3/h4-9H,1-3H3,(H2,25,26,28). The van der Waals surface area contributed by atoms with E-state index in [2.05, 4.69) is 20.1 Å². The van der Waals surface area contributed by atoms with Gasteiger partial charge >= 0.3 is 5.69 Å². The van der Waals surface area contributed by atoms with Gasteiger partial charge in [0.15, 0.2) is 0 Å². The van der Waals surface area contributed by atoms with Crippen LogP contribution in [-0.2, 0) is 0 Å². The van der Waals surface area contributed by atoms with Crippen LogP contribution in [0, 0.1) is 19.7 Å². The van der Waals surface area contributed by atoms with Crippen LogP contribution in [0.15, 0.2) is 45.8 Å². The van der Waals surface area contributed by atoms with Crippen molar-refractivity contribution in [2.24, 2.45) is 0 Å². The summed E-state index contributed by atoms with van der Waals surface area (Å²) < 4.78 is 25.0. The number of methoxy groups -OCH3 is 1. The van der Waals surface area contributed by atoms with Crippen molar-refractivity contribution in [3.63, 3.8) is 0 Å². The highest BCUT2D eigenvalue weighted by Crippen LogP contribution is 2.42. The van der Waals surface area contributed by atoms with Gasteiger partial charge < -0.3 is 19.2 Å². The van der Waals surface area contributed by atoms with Crippen LogP contribution in [0.5, 0.6) is 5.75 Å². The molecule has 30 heavy (non-hydrogen) atoms. The summed E-state index contributed by atoms with van der Waals surface area (Å²) in [6.07, 6.45) is 1.17. The molecule has 150 valence electrons. The fraction of sp³-hybridized carbons (Fsp3) is 0.136. The Bertz CT molecular complexity index is 1480. The van der Waals surface area contributed by atoms with Gasteiger partial charge in [0, 0.05) is 22.1 Å². The fourth-order valence-corrected chi connectivity index (χ4v) is 3.98. The predicted molar refractivity (Wildman–Crippen MR) is 111 cm³/mol. The minimum atomic E-state index is -0.460. The lowest BCUT2D eigenvalue weighted by molar-refractivity contribution is 0.393. The normalized spacial score (nSPS) is 11.5. The summed E-state index contributed by atoms with van der Waals surface area (Å²) in [4.78, 5) is 22.0. The number of aromatic nitrogens is 4. The number of ether oxygens (including phenoxy) is 1. The molecule has 5 rings (SSSR count). The first-order chi connectivity index (χ1) is 14.5. The molecule has 0 saturated heterocycles. The molecule has 2 aromatic carbocycles. The van der Waals surface area contributed by atoms with E-state index in [0.717, 1.165) is 16.8 Å². The van der Waals surface area contributed by atoms with E-state index >= 15 is 0 Å². The van der Waals surface area contributed by atoms with Crippen molar-refractivity contribution < 1.29 is 13.7 Å². The molecule has 0 amide bonds. The molecule has 0 spiro atoms. The summed E-state index contributed by atoms with van der Waals surface area (Å²) in [5, 5.41) is 4.61. The first-order valence-electron chi connectivity index (χ1n) is 9.28. The van der Waals surface area contributed by atoms with Gasteiger partial charge in [0.2, 0.25) is 0 Å². The van der Waals surface area contributed by atoms with Gasteiger partial charge in [0.05, 0.1) is 35.6 Å².